The second-order valence-corrected chi connectivity index (χ2v) is 3.73. The van der Waals surface area contributed by atoms with Crippen molar-refractivity contribution in [2.24, 2.45) is 5.73 Å². The molecule has 0 saturated heterocycles. The molecular weight excluding hydrogens is 235 g/mol. The van der Waals surface area contributed by atoms with Crippen molar-refractivity contribution in [3.8, 4) is 5.75 Å². The monoisotopic (exact) mass is 249 g/mol. The largest absolute Gasteiger partial charge is 0.493 e. The SMILES string of the molecule is COc1c(F)cc(C(F)F)cc1C(O)C(C)N. The standard InChI is InChI=1S/C11H14F3NO2/c1-5(15)9(16)7-3-6(11(13)14)4-8(12)10(7)17-2/h3-5,9,11,16H,15H2,1-2H3. The molecule has 3 N–H and O–H groups in total. The Hall–Kier alpha value is -1.27. The Morgan fingerprint density at radius 2 is 1.94 bits per heavy atom. The Morgan fingerprint density at radius 3 is 2.35 bits per heavy atom. The first kappa shape index (κ1) is 13.8. The molecule has 3 nitrogen and oxygen atoms in total. The number of ether oxygens (including phenoxy) is 1. The molecule has 6 heteroatoms. The van der Waals surface area contributed by atoms with Crippen LogP contribution in [0.15, 0.2) is 12.1 Å². The summed E-state index contributed by atoms with van der Waals surface area (Å²) in [6, 6.07) is 0.956. The number of hydrogen-bond donors (Lipinski definition) is 2. The first-order valence-electron chi connectivity index (χ1n) is 4.97. The van der Waals surface area contributed by atoms with Crippen LogP contribution in [-0.4, -0.2) is 18.3 Å². The number of methoxy groups -OCH3 is 1. The summed E-state index contributed by atoms with van der Waals surface area (Å²) < 4.78 is 43.2. The van der Waals surface area contributed by atoms with Gasteiger partial charge in [-0.2, -0.15) is 0 Å². The van der Waals surface area contributed by atoms with Crippen LogP contribution in [0.5, 0.6) is 5.75 Å². The maximum atomic E-state index is 13.5. The Bertz CT molecular complexity index is 397. The van der Waals surface area contributed by atoms with Crippen LogP contribution in [0.2, 0.25) is 0 Å². The van der Waals surface area contributed by atoms with Gasteiger partial charge in [-0.05, 0) is 19.1 Å². The van der Waals surface area contributed by atoms with Gasteiger partial charge >= 0.3 is 0 Å². The average Bonchev–Trinajstić information content (AvgIpc) is 2.26. The molecule has 1 aromatic rings. The summed E-state index contributed by atoms with van der Waals surface area (Å²) in [5, 5.41) is 9.72. The fourth-order valence-corrected chi connectivity index (χ4v) is 1.48. The van der Waals surface area contributed by atoms with E-state index in [0.29, 0.717) is 6.07 Å². The first-order valence-corrected chi connectivity index (χ1v) is 4.97. The van der Waals surface area contributed by atoms with Gasteiger partial charge in [-0.15, -0.1) is 0 Å². The summed E-state index contributed by atoms with van der Waals surface area (Å²) in [5.41, 5.74) is 4.87. The van der Waals surface area contributed by atoms with Crippen LogP contribution in [-0.2, 0) is 0 Å². The first-order chi connectivity index (χ1) is 7.88. The van der Waals surface area contributed by atoms with E-state index >= 15 is 0 Å². The Morgan fingerprint density at radius 1 is 1.35 bits per heavy atom. The molecule has 0 spiro atoms. The summed E-state index contributed by atoms with van der Waals surface area (Å²) in [4.78, 5) is 0. The van der Waals surface area contributed by atoms with E-state index < -0.39 is 30.0 Å². The lowest BCUT2D eigenvalue weighted by atomic mass is 10.00. The summed E-state index contributed by atoms with van der Waals surface area (Å²) in [6.07, 6.45) is -4.09. The van der Waals surface area contributed by atoms with E-state index in [1.807, 2.05) is 0 Å². The lowest BCUT2D eigenvalue weighted by molar-refractivity contribution is 0.141. The van der Waals surface area contributed by atoms with Crippen LogP contribution in [0.3, 0.4) is 0 Å². The van der Waals surface area contributed by atoms with Gasteiger partial charge in [0.25, 0.3) is 6.43 Å². The van der Waals surface area contributed by atoms with Crippen LogP contribution >= 0.6 is 0 Å². The second-order valence-electron chi connectivity index (χ2n) is 3.73. The third kappa shape index (κ3) is 2.89. The highest BCUT2D eigenvalue weighted by molar-refractivity contribution is 5.41. The maximum Gasteiger partial charge on any atom is 0.263 e. The number of nitrogens with two attached hydrogens (primary N) is 1. The number of alkyl halides is 2. The number of rotatable bonds is 4. The van der Waals surface area contributed by atoms with E-state index in [2.05, 4.69) is 0 Å². The predicted molar refractivity (Wildman–Crippen MR) is 56.5 cm³/mol. The minimum Gasteiger partial charge on any atom is -0.493 e. The molecular formula is C11H14F3NO2. The maximum absolute atomic E-state index is 13.5. The molecule has 17 heavy (non-hydrogen) atoms. The van der Waals surface area contributed by atoms with Crippen LogP contribution in [0.1, 0.15) is 30.6 Å². The van der Waals surface area contributed by atoms with Crippen molar-refractivity contribution in [3.05, 3.63) is 29.1 Å². The number of hydrogen-bond acceptors (Lipinski definition) is 3. The summed E-state index contributed by atoms with van der Waals surface area (Å²) in [6.45, 7) is 1.48. The molecule has 1 rings (SSSR count). The van der Waals surface area contributed by atoms with Crippen molar-refractivity contribution >= 4 is 0 Å². The van der Waals surface area contributed by atoms with Crippen molar-refractivity contribution in [3.63, 3.8) is 0 Å². The second kappa shape index (κ2) is 5.37. The Kier molecular flexibility index (Phi) is 4.36. The third-order valence-corrected chi connectivity index (χ3v) is 2.37. The van der Waals surface area contributed by atoms with Crippen molar-refractivity contribution in [2.45, 2.75) is 25.5 Å². The molecule has 2 unspecified atom stereocenters. The fourth-order valence-electron chi connectivity index (χ4n) is 1.48. The number of aliphatic hydroxyl groups excluding tert-OH is 1. The van der Waals surface area contributed by atoms with Gasteiger partial charge in [0.1, 0.15) is 0 Å². The van der Waals surface area contributed by atoms with E-state index in [0.717, 1.165) is 6.07 Å². The minimum atomic E-state index is -2.82. The summed E-state index contributed by atoms with van der Waals surface area (Å²) in [5.74, 6) is -1.21. The topological polar surface area (TPSA) is 55.5 Å². The van der Waals surface area contributed by atoms with Crippen LogP contribution in [0, 0.1) is 5.82 Å². The molecule has 96 valence electrons. The van der Waals surface area contributed by atoms with Gasteiger partial charge in [0.15, 0.2) is 11.6 Å². The van der Waals surface area contributed by atoms with Crippen molar-refractivity contribution in [1.29, 1.82) is 0 Å². The van der Waals surface area contributed by atoms with Gasteiger partial charge in [-0.3, -0.25) is 0 Å². The lowest BCUT2D eigenvalue weighted by Gasteiger charge is -2.19. The lowest BCUT2D eigenvalue weighted by Crippen LogP contribution is -2.25. The molecule has 0 radical (unpaired) electrons. The quantitative estimate of drug-likeness (QED) is 0.859. The van der Waals surface area contributed by atoms with E-state index in [4.69, 9.17) is 10.5 Å². The molecule has 0 amide bonds. The van der Waals surface area contributed by atoms with Gasteiger partial charge in [-0.25, -0.2) is 13.2 Å². The van der Waals surface area contributed by atoms with Gasteiger partial charge in [0.05, 0.1) is 13.2 Å². The van der Waals surface area contributed by atoms with Crippen LogP contribution in [0.25, 0.3) is 0 Å². The van der Waals surface area contributed by atoms with Gasteiger partial charge in [-0.1, -0.05) is 0 Å². The molecule has 2 atom stereocenters. The van der Waals surface area contributed by atoms with Crippen molar-refractivity contribution < 1.29 is 23.0 Å². The van der Waals surface area contributed by atoms with Crippen molar-refractivity contribution in [1.82, 2.24) is 0 Å². The van der Waals surface area contributed by atoms with E-state index in [9.17, 15) is 18.3 Å². The molecule has 0 heterocycles. The average molecular weight is 249 g/mol. The Balaban J connectivity index is 3.33. The fraction of sp³-hybridized carbons (Fsp3) is 0.455. The number of benzene rings is 1. The molecule has 0 aliphatic carbocycles. The van der Waals surface area contributed by atoms with Gasteiger partial charge < -0.3 is 15.6 Å². The zero-order chi connectivity index (χ0) is 13.2. The van der Waals surface area contributed by atoms with Gasteiger partial charge in [0, 0.05) is 17.2 Å². The van der Waals surface area contributed by atoms with Gasteiger partial charge in [0.2, 0.25) is 0 Å². The predicted octanol–water partition coefficient (Wildman–Crippen LogP) is 2.15. The zero-order valence-corrected chi connectivity index (χ0v) is 9.45. The zero-order valence-electron chi connectivity index (χ0n) is 9.45. The third-order valence-electron chi connectivity index (χ3n) is 2.37. The highest BCUT2D eigenvalue weighted by Crippen LogP contribution is 2.33. The van der Waals surface area contributed by atoms with E-state index in [1.165, 1.54) is 14.0 Å². The number of halogens is 3. The summed E-state index contributed by atoms with van der Waals surface area (Å²) >= 11 is 0. The molecule has 0 fully saturated rings. The summed E-state index contributed by atoms with van der Waals surface area (Å²) in [7, 11) is 1.19. The molecule has 0 aliphatic heterocycles. The molecule has 0 aromatic heterocycles. The van der Waals surface area contributed by atoms with E-state index in [-0.39, 0.29) is 11.3 Å². The van der Waals surface area contributed by atoms with Crippen LogP contribution < -0.4 is 10.5 Å². The highest BCUT2D eigenvalue weighted by Gasteiger charge is 2.23. The molecule has 1 aromatic carbocycles. The number of aliphatic hydroxyl groups is 1. The Labute approximate surface area is 97.0 Å². The van der Waals surface area contributed by atoms with Crippen LogP contribution in [0.4, 0.5) is 13.2 Å². The van der Waals surface area contributed by atoms with E-state index in [1.54, 1.807) is 0 Å². The molecule has 0 bridgehead atoms. The normalized spacial score (nSPS) is 14.8. The minimum absolute atomic E-state index is 0.0715. The highest BCUT2D eigenvalue weighted by atomic mass is 19.3. The molecule has 0 saturated carbocycles. The molecule has 0 aliphatic rings. The smallest absolute Gasteiger partial charge is 0.263 e. The van der Waals surface area contributed by atoms with Crippen molar-refractivity contribution in [2.75, 3.05) is 7.11 Å².